The molecule has 0 spiro atoms. The summed E-state index contributed by atoms with van der Waals surface area (Å²) in [6.07, 6.45) is 0.857. The highest BCUT2D eigenvalue weighted by Crippen LogP contribution is 2.44. The summed E-state index contributed by atoms with van der Waals surface area (Å²) in [5.41, 5.74) is 7.22. The summed E-state index contributed by atoms with van der Waals surface area (Å²) in [5.74, 6) is 0.575. The molecule has 2 unspecified atom stereocenters. The molecule has 2 atom stereocenters. The fourth-order valence-electron chi connectivity index (χ4n) is 1.80. The van der Waals surface area contributed by atoms with Gasteiger partial charge in [-0.15, -0.1) is 0 Å². The minimum atomic E-state index is -0.195. The van der Waals surface area contributed by atoms with E-state index in [9.17, 15) is 4.39 Å². The van der Waals surface area contributed by atoms with Gasteiger partial charge >= 0.3 is 0 Å². The van der Waals surface area contributed by atoms with Crippen LogP contribution >= 0.6 is 0 Å². The van der Waals surface area contributed by atoms with Crippen LogP contribution in [0.15, 0.2) is 12.1 Å². The van der Waals surface area contributed by atoms with Gasteiger partial charge in [-0.1, -0.05) is 0 Å². The normalized spacial score (nSPS) is 24.9. The van der Waals surface area contributed by atoms with Gasteiger partial charge in [0.05, 0.1) is 7.11 Å². The van der Waals surface area contributed by atoms with E-state index in [1.165, 1.54) is 6.07 Å². The fourth-order valence-corrected chi connectivity index (χ4v) is 1.80. The maximum atomic E-state index is 13.6. The van der Waals surface area contributed by atoms with Crippen molar-refractivity contribution in [2.75, 3.05) is 7.11 Å². The molecule has 1 aromatic rings. The molecule has 3 heteroatoms. The van der Waals surface area contributed by atoms with E-state index in [0.717, 1.165) is 12.0 Å². The Kier molecular flexibility index (Phi) is 2.19. The summed E-state index contributed by atoms with van der Waals surface area (Å²) in [5, 5.41) is 0. The second-order valence-corrected chi connectivity index (χ2v) is 3.87. The van der Waals surface area contributed by atoms with E-state index in [1.807, 2.05) is 13.0 Å². The van der Waals surface area contributed by atoms with Crippen molar-refractivity contribution < 1.29 is 9.13 Å². The first-order chi connectivity index (χ1) is 6.63. The molecular weight excluding hydrogens is 181 g/mol. The number of hydrogen-bond acceptors (Lipinski definition) is 2. The van der Waals surface area contributed by atoms with Crippen LogP contribution in [0.4, 0.5) is 4.39 Å². The molecule has 1 saturated carbocycles. The van der Waals surface area contributed by atoms with Crippen molar-refractivity contribution in [3.63, 3.8) is 0 Å². The first-order valence-electron chi connectivity index (χ1n) is 4.73. The Morgan fingerprint density at radius 2 is 2.14 bits per heavy atom. The second-order valence-electron chi connectivity index (χ2n) is 3.87. The van der Waals surface area contributed by atoms with Crippen molar-refractivity contribution in [2.24, 2.45) is 5.73 Å². The van der Waals surface area contributed by atoms with Crippen molar-refractivity contribution >= 4 is 0 Å². The average Bonchev–Trinajstić information content (AvgIpc) is 2.80. The molecule has 14 heavy (non-hydrogen) atoms. The third-order valence-corrected chi connectivity index (χ3v) is 2.67. The Bertz CT molecular complexity index is 365. The predicted octanol–water partition coefficient (Wildman–Crippen LogP) is 1.96. The molecule has 0 amide bonds. The van der Waals surface area contributed by atoms with Crippen molar-refractivity contribution in [3.8, 4) is 5.75 Å². The summed E-state index contributed by atoms with van der Waals surface area (Å²) >= 11 is 0. The van der Waals surface area contributed by atoms with E-state index in [4.69, 9.17) is 10.5 Å². The Morgan fingerprint density at radius 3 is 2.64 bits per heavy atom. The van der Waals surface area contributed by atoms with Crippen LogP contribution in [0.1, 0.15) is 23.5 Å². The highest BCUT2D eigenvalue weighted by atomic mass is 19.1. The number of hydrogen-bond donors (Lipinski definition) is 1. The van der Waals surface area contributed by atoms with E-state index < -0.39 is 0 Å². The number of ether oxygens (including phenoxy) is 1. The van der Waals surface area contributed by atoms with Crippen LogP contribution in [0.3, 0.4) is 0 Å². The lowest BCUT2D eigenvalue weighted by Gasteiger charge is -2.10. The average molecular weight is 195 g/mol. The summed E-state index contributed by atoms with van der Waals surface area (Å²) in [4.78, 5) is 0. The van der Waals surface area contributed by atoms with Crippen molar-refractivity contribution in [3.05, 3.63) is 29.1 Å². The summed E-state index contributed by atoms with van der Waals surface area (Å²) in [6.45, 7) is 1.85. The molecule has 1 aliphatic rings. The number of aryl methyl sites for hydroxylation is 1. The Hall–Kier alpha value is -1.09. The number of halogens is 1. The number of rotatable bonds is 2. The third-order valence-electron chi connectivity index (χ3n) is 2.67. The van der Waals surface area contributed by atoms with Gasteiger partial charge in [0.15, 0.2) is 0 Å². The molecule has 0 saturated heterocycles. The van der Waals surface area contributed by atoms with Crippen LogP contribution in [0, 0.1) is 12.7 Å². The highest BCUT2D eigenvalue weighted by molar-refractivity contribution is 5.44. The number of benzene rings is 1. The number of methoxy groups -OCH3 is 1. The Balaban J connectivity index is 2.46. The molecule has 0 radical (unpaired) electrons. The van der Waals surface area contributed by atoms with Crippen LogP contribution in [0.2, 0.25) is 0 Å². The molecule has 1 aliphatic carbocycles. The van der Waals surface area contributed by atoms with Gasteiger partial charge in [0.1, 0.15) is 11.6 Å². The first kappa shape index (κ1) is 9.46. The van der Waals surface area contributed by atoms with E-state index in [1.54, 1.807) is 7.11 Å². The molecule has 2 N–H and O–H groups in total. The van der Waals surface area contributed by atoms with Crippen molar-refractivity contribution in [2.45, 2.75) is 25.3 Å². The molecule has 0 heterocycles. The molecular formula is C11H14FNO. The van der Waals surface area contributed by atoms with Crippen LogP contribution < -0.4 is 10.5 Å². The lowest BCUT2D eigenvalue weighted by Crippen LogP contribution is -2.04. The maximum Gasteiger partial charge on any atom is 0.130 e. The summed E-state index contributed by atoms with van der Waals surface area (Å²) < 4.78 is 18.8. The van der Waals surface area contributed by atoms with Gasteiger partial charge in [-0.25, -0.2) is 4.39 Å². The van der Waals surface area contributed by atoms with Gasteiger partial charge in [-0.3, -0.25) is 0 Å². The summed E-state index contributed by atoms with van der Waals surface area (Å²) in [7, 11) is 1.56. The Morgan fingerprint density at radius 1 is 1.50 bits per heavy atom. The minimum Gasteiger partial charge on any atom is -0.496 e. The molecule has 1 fully saturated rings. The molecule has 2 rings (SSSR count). The van der Waals surface area contributed by atoms with Gasteiger partial charge in [-0.05, 0) is 31.0 Å². The molecule has 76 valence electrons. The third kappa shape index (κ3) is 1.48. The topological polar surface area (TPSA) is 35.2 Å². The first-order valence-corrected chi connectivity index (χ1v) is 4.73. The van der Waals surface area contributed by atoms with E-state index in [0.29, 0.717) is 11.3 Å². The molecule has 1 aromatic carbocycles. The maximum absolute atomic E-state index is 13.6. The van der Waals surface area contributed by atoms with Gasteiger partial charge in [0.2, 0.25) is 0 Å². The monoisotopic (exact) mass is 195 g/mol. The van der Waals surface area contributed by atoms with Gasteiger partial charge in [0.25, 0.3) is 0 Å². The van der Waals surface area contributed by atoms with E-state index in [-0.39, 0.29) is 17.8 Å². The predicted molar refractivity (Wildman–Crippen MR) is 53.0 cm³/mol. The zero-order valence-corrected chi connectivity index (χ0v) is 8.38. The smallest absolute Gasteiger partial charge is 0.130 e. The van der Waals surface area contributed by atoms with Crippen LogP contribution in [0.25, 0.3) is 0 Å². The van der Waals surface area contributed by atoms with Crippen molar-refractivity contribution in [1.82, 2.24) is 0 Å². The highest BCUT2D eigenvalue weighted by Gasteiger charge is 2.39. The van der Waals surface area contributed by atoms with Gasteiger partial charge < -0.3 is 10.5 Å². The largest absolute Gasteiger partial charge is 0.496 e. The SMILES string of the molecule is COc1cc(C)cc(F)c1C1CC1N. The van der Waals surface area contributed by atoms with Gasteiger partial charge in [0, 0.05) is 17.5 Å². The zero-order valence-electron chi connectivity index (χ0n) is 8.38. The molecule has 2 nitrogen and oxygen atoms in total. The standard InChI is InChI=1S/C11H14FNO/c1-6-3-8(12)11(7-5-9(7)13)10(4-6)14-2/h3-4,7,9H,5,13H2,1-2H3. The minimum absolute atomic E-state index is 0.0982. The second kappa shape index (κ2) is 3.24. The van der Waals surface area contributed by atoms with E-state index >= 15 is 0 Å². The molecule has 0 aromatic heterocycles. The van der Waals surface area contributed by atoms with Crippen molar-refractivity contribution in [1.29, 1.82) is 0 Å². The van der Waals surface area contributed by atoms with Crippen LogP contribution in [-0.2, 0) is 0 Å². The number of nitrogens with two attached hydrogens (primary N) is 1. The lowest BCUT2D eigenvalue weighted by atomic mass is 10.1. The Labute approximate surface area is 82.9 Å². The van der Waals surface area contributed by atoms with Crippen LogP contribution in [-0.4, -0.2) is 13.2 Å². The summed E-state index contributed by atoms with van der Waals surface area (Å²) in [6, 6.07) is 3.48. The quantitative estimate of drug-likeness (QED) is 0.782. The lowest BCUT2D eigenvalue weighted by molar-refractivity contribution is 0.404. The molecule has 0 bridgehead atoms. The zero-order chi connectivity index (χ0) is 10.3. The fraction of sp³-hybridized carbons (Fsp3) is 0.455. The van der Waals surface area contributed by atoms with Crippen LogP contribution in [0.5, 0.6) is 5.75 Å². The van der Waals surface area contributed by atoms with Gasteiger partial charge in [-0.2, -0.15) is 0 Å². The molecule has 0 aliphatic heterocycles. The van der Waals surface area contributed by atoms with E-state index in [2.05, 4.69) is 0 Å².